The zero-order valence-corrected chi connectivity index (χ0v) is 9.32. The maximum absolute atomic E-state index is 10.9. The minimum absolute atomic E-state index is 0.699. The molecular formula is C8H15O5P. The summed E-state index contributed by atoms with van der Waals surface area (Å²) in [6, 6.07) is 0. The zero-order chi connectivity index (χ0) is 11.6. The van der Waals surface area contributed by atoms with E-state index in [1.54, 1.807) is 0 Å². The van der Waals surface area contributed by atoms with Gasteiger partial charge in [0, 0.05) is 6.08 Å². The molecule has 0 aromatic rings. The molecule has 0 aliphatic carbocycles. The van der Waals surface area contributed by atoms with Crippen LogP contribution < -0.4 is 0 Å². The summed E-state index contributed by atoms with van der Waals surface area (Å²) in [6.07, 6.45) is 0.953. The minimum Gasteiger partial charge on any atom is -0.456 e. The van der Waals surface area contributed by atoms with Gasteiger partial charge in [-0.3, -0.25) is 4.57 Å². The van der Waals surface area contributed by atoms with Gasteiger partial charge < -0.3 is 14.5 Å². The smallest absolute Gasteiger partial charge is 0.332 e. The summed E-state index contributed by atoms with van der Waals surface area (Å²) in [5.41, 5.74) is -2.27. The predicted molar refractivity (Wildman–Crippen MR) is 51.9 cm³/mol. The topological polar surface area (TPSA) is 83.8 Å². The molecule has 0 aliphatic rings. The van der Waals surface area contributed by atoms with Crippen LogP contribution in [0.1, 0.15) is 20.8 Å². The van der Waals surface area contributed by atoms with Gasteiger partial charge in [-0.1, -0.05) is 6.58 Å². The Morgan fingerprint density at radius 1 is 1.57 bits per heavy atom. The number of hydrogen-bond donors (Lipinski definition) is 2. The standard InChI is InChI=1S/C8H15O5P/c1-5-7(9)13-8(3,4)6(2)14(10,11)12/h5-6H,1H2,2-4H3,(H2,10,11,12). The van der Waals surface area contributed by atoms with Gasteiger partial charge in [0.2, 0.25) is 0 Å². The SMILES string of the molecule is C=CC(=O)OC(C)(C)C(C)P(=O)(O)O. The van der Waals surface area contributed by atoms with E-state index in [4.69, 9.17) is 14.5 Å². The molecule has 82 valence electrons. The lowest BCUT2D eigenvalue weighted by molar-refractivity contribution is -0.150. The molecule has 0 heterocycles. The molecule has 14 heavy (non-hydrogen) atoms. The van der Waals surface area contributed by atoms with Crippen LogP contribution >= 0.6 is 7.60 Å². The van der Waals surface area contributed by atoms with E-state index in [2.05, 4.69) is 6.58 Å². The van der Waals surface area contributed by atoms with Gasteiger partial charge in [-0.2, -0.15) is 0 Å². The summed E-state index contributed by atoms with van der Waals surface area (Å²) in [5, 5.41) is 0. The van der Waals surface area contributed by atoms with Crippen LogP contribution in [-0.4, -0.2) is 27.0 Å². The van der Waals surface area contributed by atoms with Crippen molar-refractivity contribution < 1.29 is 23.9 Å². The largest absolute Gasteiger partial charge is 0.456 e. The molecule has 0 bridgehead atoms. The predicted octanol–water partition coefficient (Wildman–Crippen LogP) is 1.06. The van der Waals surface area contributed by atoms with Crippen molar-refractivity contribution in [3.63, 3.8) is 0 Å². The van der Waals surface area contributed by atoms with Crippen LogP contribution in [0.25, 0.3) is 0 Å². The third-order valence-electron chi connectivity index (χ3n) is 2.04. The number of esters is 1. The summed E-state index contributed by atoms with van der Waals surface area (Å²) in [4.78, 5) is 28.7. The van der Waals surface area contributed by atoms with Gasteiger partial charge in [-0.05, 0) is 20.8 Å². The van der Waals surface area contributed by atoms with Crippen molar-refractivity contribution in [3.8, 4) is 0 Å². The second kappa shape index (κ2) is 4.26. The van der Waals surface area contributed by atoms with Crippen LogP contribution in [-0.2, 0) is 14.1 Å². The summed E-state index contributed by atoms with van der Waals surface area (Å²) in [7, 11) is -4.26. The van der Waals surface area contributed by atoms with E-state index in [1.807, 2.05) is 0 Å². The van der Waals surface area contributed by atoms with E-state index in [0.29, 0.717) is 0 Å². The summed E-state index contributed by atoms with van der Waals surface area (Å²) in [5.74, 6) is -0.699. The van der Waals surface area contributed by atoms with Crippen molar-refractivity contribution in [1.82, 2.24) is 0 Å². The Bertz CT molecular complexity index is 277. The van der Waals surface area contributed by atoms with Crippen LogP contribution in [0, 0.1) is 0 Å². The molecule has 0 radical (unpaired) electrons. The first-order valence-electron chi connectivity index (χ1n) is 4.02. The van der Waals surface area contributed by atoms with E-state index in [-0.39, 0.29) is 0 Å². The van der Waals surface area contributed by atoms with Crippen molar-refractivity contribution in [3.05, 3.63) is 12.7 Å². The lowest BCUT2D eigenvalue weighted by Crippen LogP contribution is -2.38. The number of carbonyl (C=O) groups excluding carboxylic acids is 1. The lowest BCUT2D eigenvalue weighted by atomic mass is 10.1. The van der Waals surface area contributed by atoms with E-state index in [1.165, 1.54) is 20.8 Å². The summed E-state index contributed by atoms with van der Waals surface area (Å²) >= 11 is 0. The van der Waals surface area contributed by atoms with E-state index in [9.17, 15) is 9.36 Å². The van der Waals surface area contributed by atoms with Crippen LogP contribution in [0.5, 0.6) is 0 Å². The van der Waals surface area contributed by atoms with Crippen molar-refractivity contribution in [1.29, 1.82) is 0 Å². The van der Waals surface area contributed by atoms with Crippen molar-refractivity contribution in [2.24, 2.45) is 0 Å². The maximum atomic E-state index is 10.9. The molecule has 0 spiro atoms. The van der Waals surface area contributed by atoms with Crippen LogP contribution in [0.4, 0.5) is 0 Å². The van der Waals surface area contributed by atoms with E-state index < -0.39 is 24.8 Å². The number of ether oxygens (including phenoxy) is 1. The number of hydrogen-bond acceptors (Lipinski definition) is 3. The average Bonchev–Trinajstić information content (AvgIpc) is 2.00. The fraction of sp³-hybridized carbons (Fsp3) is 0.625. The van der Waals surface area contributed by atoms with Crippen molar-refractivity contribution in [2.45, 2.75) is 32.0 Å². The molecule has 2 N–H and O–H groups in total. The highest BCUT2D eigenvalue weighted by Gasteiger charge is 2.40. The maximum Gasteiger partial charge on any atom is 0.332 e. The highest BCUT2D eigenvalue weighted by molar-refractivity contribution is 7.52. The molecule has 0 rings (SSSR count). The first kappa shape index (κ1) is 13.4. The first-order valence-corrected chi connectivity index (χ1v) is 5.70. The van der Waals surface area contributed by atoms with Gasteiger partial charge in [0.25, 0.3) is 0 Å². The first-order chi connectivity index (χ1) is 6.11. The van der Waals surface area contributed by atoms with Crippen molar-refractivity contribution >= 4 is 13.6 Å². The summed E-state index contributed by atoms with van der Waals surface area (Å²) in [6.45, 7) is 7.41. The third-order valence-corrected chi connectivity index (χ3v) is 3.67. The van der Waals surface area contributed by atoms with Gasteiger partial charge in [0.15, 0.2) is 0 Å². The second-order valence-electron chi connectivity index (χ2n) is 3.49. The van der Waals surface area contributed by atoms with Gasteiger partial charge in [-0.25, -0.2) is 4.79 Å². The zero-order valence-electron chi connectivity index (χ0n) is 8.43. The number of carbonyl (C=O) groups is 1. The minimum atomic E-state index is -4.26. The average molecular weight is 222 g/mol. The quantitative estimate of drug-likeness (QED) is 0.422. The highest BCUT2D eigenvalue weighted by Crippen LogP contribution is 2.47. The fourth-order valence-corrected chi connectivity index (χ4v) is 1.65. The van der Waals surface area contributed by atoms with Gasteiger partial charge in [-0.15, -0.1) is 0 Å². The lowest BCUT2D eigenvalue weighted by Gasteiger charge is -2.31. The Morgan fingerprint density at radius 3 is 2.29 bits per heavy atom. The molecule has 0 saturated carbocycles. The highest BCUT2D eigenvalue weighted by atomic mass is 31.2. The van der Waals surface area contributed by atoms with Crippen LogP contribution in [0.3, 0.4) is 0 Å². The third kappa shape index (κ3) is 3.62. The molecule has 0 fully saturated rings. The van der Waals surface area contributed by atoms with Crippen LogP contribution in [0.2, 0.25) is 0 Å². The Kier molecular flexibility index (Phi) is 4.06. The van der Waals surface area contributed by atoms with Gasteiger partial charge in [0.05, 0.1) is 5.66 Å². The monoisotopic (exact) mass is 222 g/mol. The normalized spacial score (nSPS) is 14.6. The van der Waals surface area contributed by atoms with E-state index in [0.717, 1.165) is 6.08 Å². The molecule has 0 saturated heterocycles. The van der Waals surface area contributed by atoms with E-state index >= 15 is 0 Å². The Balaban J connectivity index is 4.70. The molecule has 6 heteroatoms. The Labute approximate surface area is 82.9 Å². The van der Waals surface area contributed by atoms with Gasteiger partial charge >= 0.3 is 13.6 Å². The molecule has 0 aromatic carbocycles. The number of rotatable bonds is 4. The Hall–Kier alpha value is -0.640. The molecular weight excluding hydrogens is 207 g/mol. The fourth-order valence-electron chi connectivity index (χ4n) is 0.791. The Morgan fingerprint density at radius 2 is 2.00 bits per heavy atom. The molecule has 0 aromatic heterocycles. The molecule has 5 nitrogen and oxygen atoms in total. The molecule has 1 atom stereocenters. The van der Waals surface area contributed by atoms with Crippen molar-refractivity contribution in [2.75, 3.05) is 0 Å². The van der Waals surface area contributed by atoms with Gasteiger partial charge in [0.1, 0.15) is 5.60 Å². The molecule has 0 aliphatic heterocycles. The summed E-state index contributed by atoms with van der Waals surface area (Å²) < 4.78 is 15.8. The molecule has 0 amide bonds. The second-order valence-corrected chi connectivity index (χ2v) is 5.45. The van der Waals surface area contributed by atoms with Crippen LogP contribution in [0.15, 0.2) is 12.7 Å². The molecule has 1 unspecified atom stereocenters.